The highest BCUT2D eigenvalue weighted by molar-refractivity contribution is 5.68. The van der Waals surface area contributed by atoms with Crippen LogP contribution in [0.2, 0.25) is 0 Å². The highest BCUT2D eigenvalue weighted by Gasteiger charge is 2.22. The van der Waals surface area contributed by atoms with E-state index in [2.05, 4.69) is 16.9 Å². The lowest BCUT2D eigenvalue weighted by Gasteiger charge is -2.10. The van der Waals surface area contributed by atoms with Gasteiger partial charge in [-0.15, -0.1) is 0 Å². The lowest BCUT2D eigenvalue weighted by atomic mass is 10.0. The summed E-state index contributed by atoms with van der Waals surface area (Å²) >= 11 is 0. The molecule has 0 amide bonds. The van der Waals surface area contributed by atoms with E-state index in [9.17, 15) is 4.79 Å². The first kappa shape index (κ1) is 14.9. The molecule has 0 spiro atoms. The maximum atomic E-state index is 11.1. The molecule has 1 aromatic rings. The average Bonchev–Trinajstić information content (AvgIpc) is 2.82. The first-order chi connectivity index (χ1) is 9.63. The van der Waals surface area contributed by atoms with Crippen molar-refractivity contribution in [3.8, 4) is 5.75 Å². The molecule has 1 atom stereocenters. The van der Waals surface area contributed by atoms with Crippen molar-refractivity contribution in [3.05, 3.63) is 28.8 Å². The average molecular weight is 277 g/mol. The lowest BCUT2D eigenvalue weighted by molar-refractivity contribution is -0.140. The van der Waals surface area contributed by atoms with Crippen LogP contribution in [-0.2, 0) is 28.8 Å². The predicted molar refractivity (Wildman–Crippen MR) is 77.9 cm³/mol. The summed E-state index contributed by atoms with van der Waals surface area (Å²) in [7, 11) is 3.14. The molecule has 1 aromatic carbocycles. The molecular weight excluding hydrogens is 254 g/mol. The number of aryl methyl sites for hydroxylation is 1. The van der Waals surface area contributed by atoms with Crippen LogP contribution in [-0.4, -0.2) is 26.2 Å². The lowest BCUT2D eigenvalue weighted by Crippen LogP contribution is -2.19. The van der Waals surface area contributed by atoms with E-state index in [-0.39, 0.29) is 12.0 Å². The predicted octanol–water partition coefficient (Wildman–Crippen LogP) is 2.01. The van der Waals surface area contributed by atoms with Crippen molar-refractivity contribution < 1.29 is 14.3 Å². The fourth-order valence-corrected chi connectivity index (χ4v) is 2.82. The summed E-state index contributed by atoms with van der Waals surface area (Å²) in [5.41, 5.74) is 9.87. The van der Waals surface area contributed by atoms with Crippen LogP contribution in [0.4, 0.5) is 0 Å². The second kappa shape index (κ2) is 6.75. The number of benzene rings is 1. The Balaban J connectivity index is 1.96. The second-order valence-corrected chi connectivity index (χ2v) is 5.39. The molecule has 0 aromatic heterocycles. The van der Waals surface area contributed by atoms with Gasteiger partial charge in [-0.25, -0.2) is 0 Å². The highest BCUT2D eigenvalue weighted by Crippen LogP contribution is 2.32. The molecule has 0 bridgehead atoms. The number of carbonyl (C=O) groups is 1. The standard InChI is InChI=1S/C16H23NO3/c1-19-15-8-11(5-3-4-6-16(18)20-2)7-12-9-13(17)10-14(12)15/h7-8,13H,3-6,9-10,17H2,1-2H3. The molecule has 0 aliphatic heterocycles. The Labute approximate surface area is 120 Å². The quantitative estimate of drug-likeness (QED) is 0.638. The van der Waals surface area contributed by atoms with Crippen molar-refractivity contribution in [2.24, 2.45) is 5.73 Å². The smallest absolute Gasteiger partial charge is 0.305 e. The Morgan fingerprint density at radius 3 is 2.80 bits per heavy atom. The third kappa shape index (κ3) is 3.51. The Kier molecular flexibility index (Phi) is 5.01. The fraction of sp³-hybridized carbons (Fsp3) is 0.562. The van der Waals surface area contributed by atoms with E-state index in [4.69, 9.17) is 10.5 Å². The molecule has 0 saturated carbocycles. The summed E-state index contributed by atoms with van der Waals surface area (Å²) in [5, 5.41) is 0. The molecule has 0 saturated heterocycles. The SMILES string of the molecule is COC(=O)CCCCc1cc2c(c(OC)c1)CC(N)C2. The number of esters is 1. The molecule has 0 radical (unpaired) electrons. The van der Waals surface area contributed by atoms with Crippen LogP contribution < -0.4 is 10.5 Å². The summed E-state index contributed by atoms with van der Waals surface area (Å²) in [5.74, 6) is 0.820. The van der Waals surface area contributed by atoms with E-state index >= 15 is 0 Å². The summed E-state index contributed by atoms with van der Waals surface area (Å²) in [6, 6.07) is 4.56. The summed E-state index contributed by atoms with van der Waals surface area (Å²) in [4.78, 5) is 11.1. The maximum Gasteiger partial charge on any atom is 0.305 e. The van der Waals surface area contributed by atoms with Gasteiger partial charge < -0.3 is 15.2 Å². The van der Waals surface area contributed by atoms with E-state index in [1.54, 1.807) is 7.11 Å². The molecule has 0 heterocycles. The number of rotatable bonds is 6. The normalized spacial score (nSPS) is 16.9. The number of fused-ring (bicyclic) bond motifs is 1. The second-order valence-electron chi connectivity index (χ2n) is 5.39. The van der Waals surface area contributed by atoms with Crippen molar-refractivity contribution in [1.29, 1.82) is 0 Å². The number of unbranched alkanes of at least 4 members (excludes halogenated alkanes) is 1. The molecule has 0 fully saturated rings. The zero-order valence-corrected chi connectivity index (χ0v) is 12.3. The minimum absolute atomic E-state index is 0.137. The number of carbonyl (C=O) groups excluding carboxylic acids is 1. The number of methoxy groups -OCH3 is 2. The van der Waals surface area contributed by atoms with Gasteiger partial charge in [-0.1, -0.05) is 6.07 Å². The van der Waals surface area contributed by atoms with E-state index in [0.717, 1.165) is 37.9 Å². The molecule has 1 unspecified atom stereocenters. The first-order valence-electron chi connectivity index (χ1n) is 7.15. The Morgan fingerprint density at radius 2 is 2.10 bits per heavy atom. The number of nitrogens with two attached hydrogens (primary N) is 1. The van der Waals surface area contributed by atoms with Crippen LogP contribution in [0.3, 0.4) is 0 Å². The summed E-state index contributed by atoms with van der Waals surface area (Å²) < 4.78 is 10.1. The molecular formula is C16H23NO3. The van der Waals surface area contributed by atoms with Crippen molar-refractivity contribution in [1.82, 2.24) is 0 Å². The van der Waals surface area contributed by atoms with Gasteiger partial charge in [0.2, 0.25) is 0 Å². The minimum Gasteiger partial charge on any atom is -0.496 e. The zero-order valence-electron chi connectivity index (χ0n) is 12.3. The number of ether oxygens (including phenoxy) is 2. The Hall–Kier alpha value is -1.55. The molecule has 4 heteroatoms. The van der Waals surface area contributed by atoms with Crippen molar-refractivity contribution in [2.45, 2.75) is 44.6 Å². The largest absolute Gasteiger partial charge is 0.496 e. The van der Waals surface area contributed by atoms with Crippen LogP contribution in [0.5, 0.6) is 5.75 Å². The molecule has 1 aliphatic carbocycles. The molecule has 4 nitrogen and oxygen atoms in total. The maximum absolute atomic E-state index is 11.1. The molecule has 1 aliphatic rings. The zero-order chi connectivity index (χ0) is 14.5. The van der Waals surface area contributed by atoms with Gasteiger partial charge in [0.1, 0.15) is 5.75 Å². The number of hydrogen-bond acceptors (Lipinski definition) is 4. The Morgan fingerprint density at radius 1 is 1.30 bits per heavy atom. The topological polar surface area (TPSA) is 61.5 Å². The van der Waals surface area contributed by atoms with E-state index in [1.165, 1.54) is 23.8 Å². The fourth-order valence-electron chi connectivity index (χ4n) is 2.82. The van der Waals surface area contributed by atoms with Crippen LogP contribution in [0.1, 0.15) is 36.0 Å². The van der Waals surface area contributed by atoms with Crippen molar-refractivity contribution >= 4 is 5.97 Å². The van der Waals surface area contributed by atoms with Crippen LogP contribution in [0.25, 0.3) is 0 Å². The van der Waals surface area contributed by atoms with E-state index in [0.29, 0.717) is 6.42 Å². The van der Waals surface area contributed by atoms with E-state index < -0.39 is 0 Å². The van der Waals surface area contributed by atoms with Crippen LogP contribution >= 0.6 is 0 Å². The summed E-state index contributed by atoms with van der Waals surface area (Å²) in [6.45, 7) is 0. The monoisotopic (exact) mass is 277 g/mol. The van der Waals surface area contributed by atoms with Gasteiger partial charge in [-0.2, -0.15) is 0 Å². The minimum atomic E-state index is -0.137. The Bertz CT molecular complexity index is 485. The molecule has 20 heavy (non-hydrogen) atoms. The van der Waals surface area contributed by atoms with Gasteiger partial charge in [-0.3, -0.25) is 4.79 Å². The third-order valence-electron chi connectivity index (χ3n) is 3.85. The van der Waals surface area contributed by atoms with E-state index in [1.807, 2.05) is 0 Å². The van der Waals surface area contributed by atoms with Gasteiger partial charge in [0.25, 0.3) is 0 Å². The number of hydrogen-bond donors (Lipinski definition) is 1. The van der Waals surface area contributed by atoms with Crippen LogP contribution in [0, 0.1) is 0 Å². The van der Waals surface area contributed by atoms with Gasteiger partial charge in [0.05, 0.1) is 14.2 Å². The highest BCUT2D eigenvalue weighted by atomic mass is 16.5. The van der Waals surface area contributed by atoms with Crippen LogP contribution in [0.15, 0.2) is 12.1 Å². The van der Waals surface area contributed by atoms with Gasteiger partial charge in [0, 0.05) is 12.5 Å². The molecule has 110 valence electrons. The molecule has 2 rings (SSSR count). The molecule has 2 N–H and O–H groups in total. The third-order valence-corrected chi connectivity index (χ3v) is 3.85. The van der Waals surface area contributed by atoms with Gasteiger partial charge in [0.15, 0.2) is 0 Å². The van der Waals surface area contributed by atoms with Gasteiger partial charge >= 0.3 is 5.97 Å². The first-order valence-corrected chi connectivity index (χ1v) is 7.15. The summed E-state index contributed by atoms with van der Waals surface area (Å²) in [6.07, 6.45) is 5.11. The van der Waals surface area contributed by atoms with Crippen molar-refractivity contribution in [3.63, 3.8) is 0 Å². The van der Waals surface area contributed by atoms with Crippen molar-refractivity contribution in [2.75, 3.05) is 14.2 Å². The van der Waals surface area contributed by atoms with Gasteiger partial charge in [-0.05, 0) is 54.9 Å².